The third-order valence-corrected chi connectivity index (χ3v) is 3.96. The first kappa shape index (κ1) is 14.0. The van der Waals surface area contributed by atoms with Gasteiger partial charge in [0.05, 0.1) is 5.56 Å². The summed E-state index contributed by atoms with van der Waals surface area (Å²) in [5.41, 5.74) is 7.35. The van der Waals surface area contributed by atoms with Gasteiger partial charge in [-0.2, -0.15) is 0 Å². The highest BCUT2D eigenvalue weighted by molar-refractivity contribution is 5.94. The molecule has 0 saturated heterocycles. The van der Waals surface area contributed by atoms with Gasteiger partial charge in [-0.3, -0.25) is 9.78 Å². The molecule has 1 saturated carbocycles. The quantitative estimate of drug-likeness (QED) is 0.871. The van der Waals surface area contributed by atoms with Crippen LogP contribution in [0.4, 0.5) is 0 Å². The van der Waals surface area contributed by atoms with Gasteiger partial charge in [0.2, 0.25) is 0 Å². The molecule has 1 atom stereocenters. The molecule has 4 heteroatoms. The lowest BCUT2D eigenvalue weighted by molar-refractivity contribution is 0.0915. The predicted molar refractivity (Wildman–Crippen MR) is 75.9 cm³/mol. The van der Waals surface area contributed by atoms with Crippen molar-refractivity contribution in [2.45, 2.75) is 45.1 Å². The maximum atomic E-state index is 12.2. The van der Waals surface area contributed by atoms with Gasteiger partial charge in [-0.25, -0.2) is 0 Å². The van der Waals surface area contributed by atoms with Crippen molar-refractivity contribution in [3.05, 3.63) is 29.6 Å². The minimum absolute atomic E-state index is 0.0616. The molecule has 1 heterocycles. The van der Waals surface area contributed by atoms with Crippen LogP contribution in [0.3, 0.4) is 0 Å². The lowest BCUT2D eigenvalue weighted by atomic mass is 9.84. The summed E-state index contributed by atoms with van der Waals surface area (Å²) in [4.78, 5) is 16.3. The molecule has 0 bridgehead atoms. The van der Waals surface area contributed by atoms with E-state index in [1.54, 1.807) is 6.20 Å². The van der Waals surface area contributed by atoms with E-state index in [-0.39, 0.29) is 11.9 Å². The zero-order chi connectivity index (χ0) is 13.7. The standard InChI is InChI=1S/C15H23N3O/c1-11-7-8-13(10-17-11)15(19)18-14(9-16)12-5-3-2-4-6-12/h7-8,10,12,14H,2-6,9,16H2,1H3,(H,18,19). The van der Waals surface area contributed by atoms with E-state index in [0.29, 0.717) is 18.0 Å². The van der Waals surface area contributed by atoms with Crippen LogP contribution in [0, 0.1) is 12.8 Å². The van der Waals surface area contributed by atoms with Crippen LogP contribution >= 0.6 is 0 Å². The van der Waals surface area contributed by atoms with Gasteiger partial charge in [-0.1, -0.05) is 19.3 Å². The summed E-state index contributed by atoms with van der Waals surface area (Å²) in [5, 5.41) is 3.07. The zero-order valence-corrected chi connectivity index (χ0v) is 11.6. The molecule has 2 rings (SSSR count). The first-order valence-corrected chi connectivity index (χ1v) is 7.14. The molecule has 0 aliphatic heterocycles. The summed E-state index contributed by atoms with van der Waals surface area (Å²) >= 11 is 0. The van der Waals surface area contributed by atoms with Crippen LogP contribution in [0.25, 0.3) is 0 Å². The van der Waals surface area contributed by atoms with Crippen molar-refractivity contribution in [2.75, 3.05) is 6.54 Å². The maximum Gasteiger partial charge on any atom is 0.253 e. The Kier molecular flexibility index (Phi) is 4.91. The van der Waals surface area contributed by atoms with Crippen LogP contribution in [0.2, 0.25) is 0 Å². The predicted octanol–water partition coefficient (Wildman–Crippen LogP) is 2.03. The van der Waals surface area contributed by atoms with E-state index in [0.717, 1.165) is 5.69 Å². The van der Waals surface area contributed by atoms with Crippen LogP contribution in [-0.4, -0.2) is 23.5 Å². The largest absolute Gasteiger partial charge is 0.348 e. The third-order valence-electron chi connectivity index (χ3n) is 3.96. The molecule has 4 nitrogen and oxygen atoms in total. The van der Waals surface area contributed by atoms with E-state index in [9.17, 15) is 4.79 Å². The first-order chi connectivity index (χ1) is 9.20. The summed E-state index contributed by atoms with van der Waals surface area (Å²) in [7, 11) is 0. The second-order valence-electron chi connectivity index (χ2n) is 5.40. The van der Waals surface area contributed by atoms with Crippen LogP contribution < -0.4 is 11.1 Å². The third kappa shape index (κ3) is 3.77. The Balaban J connectivity index is 1.97. The van der Waals surface area contributed by atoms with E-state index in [1.165, 1.54) is 32.1 Å². The molecule has 1 aromatic heterocycles. The topological polar surface area (TPSA) is 68.0 Å². The number of hydrogen-bond donors (Lipinski definition) is 2. The minimum atomic E-state index is -0.0616. The molecular formula is C15H23N3O. The van der Waals surface area contributed by atoms with Crippen molar-refractivity contribution < 1.29 is 4.79 Å². The molecule has 104 valence electrons. The van der Waals surface area contributed by atoms with Gasteiger partial charge in [-0.05, 0) is 37.8 Å². The number of nitrogens with zero attached hydrogens (tertiary/aromatic N) is 1. The van der Waals surface area contributed by atoms with Gasteiger partial charge in [0.15, 0.2) is 0 Å². The zero-order valence-electron chi connectivity index (χ0n) is 11.6. The Morgan fingerprint density at radius 2 is 2.16 bits per heavy atom. The summed E-state index contributed by atoms with van der Waals surface area (Å²) in [6.45, 7) is 2.42. The molecule has 1 aromatic rings. The van der Waals surface area contributed by atoms with Crippen molar-refractivity contribution in [2.24, 2.45) is 11.7 Å². The highest BCUT2D eigenvalue weighted by Gasteiger charge is 2.24. The maximum absolute atomic E-state index is 12.2. The number of nitrogens with one attached hydrogen (secondary N) is 1. The Morgan fingerprint density at radius 3 is 2.74 bits per heavy atom. The SMILES string of the molecule is Cc1ccc(C(=O)NC(CN)C2CCCCC2)cn1. The second kappa shape index (κ2) is 6.66. The van der Waals surface area contributed by atoms with E-state index in [1.807, 2.05) is 19.1 Å². The average Bonchev–Trinajstić information content (AvgIpc) is 2.46. The van der Waals surface area contributed by atoms with Gasteiger partial charge in [0.25, 0.3) is 5.91 Å². The van der Waals surface area contributed by atoms with E-state index >= 15 is 0 Å². The molecule has 1 fully saturated rings. The Bertz CT molecular complexity index is 410. The van der Waals surface area contributed by atoms with E-state index in [2.05, 4.69) is 10.3 Å². The summed E-state index contributed by atoms with van der Waals surface area (Å²) in [5.74, 6) is 0.467. The van der Waals surface area contributed by atoms with Gasteiger partial charge in [0, 0.05) is 24.5 Å². The molecule has 19 heavy (non-hydrogen) atoms. The lowest BCUT2D eigenvalue weighted by Gasteiger charge is -2.30. The van der Waals surface area contributed by atoms with Crippen molar-refractivity contribution in [3.63, 3.8) is 0 Å². The number of hydrogen-bond acceptors (Lipinski definition) is 3. The summed E-state index contributed by atoms with van der Waals surface area (Å²) < 4.78 is 0. The van der Waals surface area contributed by atoms with Gasteiger partial charge < -0.3 is 11.1 Å². The first-order valence-electron chi connectivity index (χ1n) is 7.14. The van der Waals surface area contributed by atoms with Crippen molar-refractivity contribution in [3.8, 4) is 0 Å². The fraction of sp³-hybridized carbons (Fsp3) is 0.600. The van der Waals surface area contributed by atoms with Gasteiger partial charge >= 0.3 is 0 Å². The molecule has 0 aromatic carbocycles. The van der Waals surface area contributed by atoms with Crippen molar-refractivity contribution in [1.82, 2.24) is 10.3 Å². The number of rotatable bonds is 4. The number of aromatic nitrogens is 1. The molecular weight excluding hydrogens is 238 g/mol. The van der Waals surface area contributed by atoms with E-state index in [4.69, 9.17) is 5.73 Å². The number of amides is 1. The number of aryl methyl sites for hydroxylation is 1. The Morgan fingerprint density at radius 1 is 1.42 bits per heavy atom. The fourth-order valence-corrected chi connectivity index (χ4v) is 2.76. The monoisotopic (exact) mass is 261 g/mol. The van der Waals surface area contributed by atoms with Crippen LogP contribution in [0.1, 0.15) is 48.2 Å². The Labute approximate surface area is 114 Å². The van der Waals surface area contributed by atoms with Crippen molar-refractivity contribution in [1.29, 1.82) is 0 Å². The van der Waals surface area contributed by atoms with E-state index < -0.39 is 0 Å². The normalized spacial score (nSPS) is 18.0. The molecule has 3 N–H and O–H groups in total. The smallest absolute Gasteiger partial charge is 0.253 e. The highest BCUT2D eigenvalue weighted by atomic mass is 16.1. The van der Waals surface area contributed by atoms with Gasteiger partial charge in [0.1, 0.15) is 0 Å². The molecule has 1 unspecified atom stereocenters. The summed E-state index contributed by atoms with van der Waals surface area (Å²) in [6.07, 6.45) is 7.79. The molecule has 0 spiro atoms. The van der Waals surface area contributed by atoms with Crippen LogP contribution in [-0.2, 0) is 0 Å². The number of carbonyl (C=O) groups is 1. The highest BCUT2D eigenvalue weighted by Crippen LogP contribution is 2.26. The molecule has 0 radical (unpaired) electrons. The van der Waals surface area contributed by atoms with Gasteiger partial charge in [-0.15, -0.1) is 0 Å². The summed E-state index contributed by atoms with van der Waals surface area (Å²) in [6, 6.07) is 3.76. The molecule has 1 amide bonds. The van der Waals surface area contributed by atoms with Crippen LogP contribution in [0.15, 0.2) is 18.3 Å². The minimum Gasteiger partial charge on any atom is -0.348 e. The Hall–Kier alpha value is -1.42. The van der Waals surface area contributed by atoms with Crippen LogP contribution in [0.5, 0.6) is 0 Å². The molecule has 1 aliphatic rings. The molecule has 1 aliphatic carbocycles. The lowest BCUT2D eigenvalue weighted by Crippen LogP contribution is -2.45. The number of pyridine rings is 1. The number of nitrogens with two attached hydrogens (primary N) is 1. The van der Waals surface area contributed by atoms with Crippen molar-refractivity contribution >= 4 is 5.91 Å². The second-order valence-corrected chi connectivity index (χ2v) is 5.40. The fourth-order valence-electron chi connectivity index (χ4n) is 2.76. The average molecular weight is 261 g/mol. The number of carbonyl (C=O) groups excluding carboxylic acids is 1.